The van der Waals surface area contributed by atoms with E-state index < -0.39 is 17.5 Å². The number of aromatic nitrogens is 3. The number of hydrogen-bond acceptors (Lipinski definition) is 3. The molecule has 0 saturated heterocycles. The maximum atomic E-state index is 13.7. The summed E-state index contributed by atoms with van der Waals surface area (Å²) in [7, 11) is 0. The van der Waals surface area contributed by atoms with Crippen LogP contribution in [0.15, 0.2) is 36.7 Å². The lowest BCUT2D eigenvalue weighted by Crippen LogP contribution is -2.15. The maximum Gasteiger partial charge on any atom is 0.276 e. The van der Waals surface area contributed by atoms with Gasteiger partial charge in [0.25, 0.3) is 5.91 Å². The van der Waals surface area contributed by atoms with Gasteiger partial charge in [0, 0.05) is 18.1 Å². The van der Waals surface area contributed by atoms with Gasteiger partial charge in [-0.15, -0.1) is 0 Å². The van der Waals surface area contributed by atoms with Crippen molar-refractivity contribution in [3.05, 3.63) is 54.0 Å². The van der Waals surface area contributed by atoms with Gasteiger partial charge in [-0.3, -0.25) is 14.5 Å². The average molecular weight is 328 g/mol. The Balaban J connectivity index is 1.73. The molecule has 2 aromatic heterocycles. The van der Waals surface area contributed by atoms with E-state index in [1.54, 1.807) is 10.7 Å². The number of rotatable bonds is 4. The molecule has 0 aliphatic heterocycles. The zero-order valence-electron chi connectivity index (χ0n) is 12.7. The summed E-state index contributed by atoms with van der Waals surface area (Å²) in [4.78, 5) is 16.1. The highest BCUT2D eigenvalue weighted by atomic mass is 19.1. The Kier molecular flexibility index (Phi) is 3.48. The van der Waals surface area contributed by atoms with Crippen molar-refractivity contribution < 1.29 is 13.6 Å². The Morgan fingerprint density at radius 2 is 2.12 bits per heavy atom. The lowest BCUT2D eigenvalue weighted by Gasteiger charge is -2.04. The quantitative estimate of drug-likeness (QED) is 0.799. The van der Waals surface area contributed by atoms with Gasteiger partial charge in [0.05, 0.1) is 17.4 Å². The highest BCUT2D eigenvalue weighted by Gasteiger charge is 2.25. The van der Waals surface area contributed by atoms with Gasteiger partial charge in [-0.25, -0.2) is 8.78 Å². The third-order valence-corrected chi connectivity index (χ3v) is 4.08. The van der Waals surface area contributed by atoms with Crippen molar-refractivity contribution in [3.63, 3.8) is 0 Å². The molecule has 2 heterocycles. The Labute approximate surface area is 136 Å². The molecule has 0 bridgehead atoms. The van der Waals surface area contributed by atoms with Gasteiger partial charge >= 0.3 is 0 Å². The van der Waals surface area contributed by atoms with Crippen molar-refractivity contribution in [2.24, 2.45) is 5.92 Å². The van der Waals surface area contributed by atoms with Crippen LogP contribution in [0.2, 0.25) is 0 Å². The van der Waals surface area contributed by atoms with E-state index in [0.29, 0.717) is 23.4 Å². The first-order valence-electron chi connectivity index (χ1n) is 7.69. The van der Waals surface area contributed by atoms with E-state index in [0.717, 1.165) is 19.0 Å². The summed E-state index contributed by atoms with van der Waals surface area (Å²) in [6, 6.07) is 5.60. The third-order valence-electron chi connectivity index (χ3n) is 4.08. The number of pyridine rings is 1. The van der Waals surface area contributed by atoms with Crippen LogP contribution in [0.25, 0.3) is 10.9 Å². The SMILES string of the molecule is O=C(Nc1ccncc1F)c1nn(CC2CC2)c2ccc(F)cc12. The number of anilines is 1. The Bertz CT molecular complexity index is 933. The highest BCUT2D eigenvalue weighted by Crippen LogP contribution is 2.32. The average Bonchev–Trinajstić information content (AvgIpc) is 3.30. The molecule has 0 radical (unpaired) electrons. The Hall–Kier alpha value is -2.83. The monoisotopic (exact) mass is 328 g/mol. The van der Waals surface area contributed by atoms with Crippen LogP contribution >= 0.6 is 0 Å². The molecular weight excluding hydrogens is 314 g/mol. The van der Waals surface area contributed by atoms with Gasteiger partial charge < -0.3 is 5.32 Å². The van der Waals surface area contributed by atoms with Crippen LogP contribution in [-0.2, 0) is 6.54 Å². The highest BCUT2D eigenvalue weighted by molar-refractivity contribution is 6.11. The summed E-state index contributed by atoms with van der Waals surface area (Å²) in [5, 5.41) is 7.22. The molecular formula is C17H14F2N4O. The molecule has 4 rings (SSSR count). The molecule has 5 nitrogen and oxygen atoms in total. The molecule has 1 N–H and O–H groups in total. The first-order valence-corrected chi connectivity index (χ1v) is 7.69. The minimum atomic E-state index is -0.640. The second-order valence-corrected chi connectivity index (χ2v) is 5.95. The first kappa shape index (κ1) is 14.7. The lowest BCUT2D eigenvalue weighted by atomic mass is 10.2. The van der Waals surface area contributed by atoms with Crippen molar-refractivity contribution in [3.8, 4) is 0 Å². The minimum Gasteiger partial charge on any atom is -0.318 e. The van der Waals surface area contributed by atoms with Crippen molar-refractivity contribution in [2.45, 2.75) is 19.4 Å². The van der Waals surface area contributed by atoms with Crippen molar-refractivity contribution in [1.29, 1.82) is 0 Å². The number of carbonyl (C=O) groups excluding carboxylic acids is 1. The van der Waals surface area contributed by atoms with Crippen molar-refractivity contribution >= 4 is 22.5 Å². The maximum absolute atomic E-state index is 13.7. The summed E-state index contributed by atoms with van der Waals surface area (Å²) in [6.45, 7) is 0.693. The van der Waals surface area contributed by atoms with Crippen LogP contribution in [0.1, 0.15) is 23.3 Å². The number of benzene rings is 1. The van der Waals surface area contributed by atoms with E-state index >= 15 is 0 Å². The molecule has 122 valence electrons. The summed E-state index contributed by atoms with van der Waals surface area (Å²) < 4.78 is 29.0. The van der Waals surface area contributed by atoms with E-state index in [4.69, 9.17) is 0 Å². The topological polar surface area (TPSA) is 59.8 Å². The Morgan fingerprint density at radius 3 is 2.88 bits per heavy atom. The third kappa shape index (κ3) is 2.73. The molecule has 1 aliphatic rings. The Morgan fingerprint density at radius 1 is 1.29 bits per heavy atom. The second kappa shape index (κ2) is 5.67. The van der Waals surface area contributed by atoms with Crippen molar-refractivity contribution in [1.82, 2.24) is 14.8 Å². The van der Waals surface area contributed by atoms with E-state index in [-0.39, 0.29) is 11.4 Å². The molecule has 7 heteroatoms. The van der Waals surface area contributed by atoms with Crippen LogP contribution in [0.4, 0.5) is 14.5 Å². The molecule has 3 aromatic rings. The number of carbonyl (C=O) groups is 1. The summed E-state index contributed by atoms with van der Waals surface area (Å²) in [5.74, 6) is -1.12. The predicted molar refractivity (Wildman–Crippen MR) is 84.6 cm³/mol. The second-order valence-electron chi connectivity index (χ2n) is 5.95. The number of hydrogen-bond donors (Lipinski definition) is 1. The van der Waals surface area contributed by atoms with Crippen LogP contribution in [0.3, 0.4) is 0 Å². The molecule has 0 unspecified atom stereocenters. The summed E-state index contributed by atoms with van der Waals surface area (Å²) in [6.07, 6.45) is 4.65. The number of halogens is 2. The van der Waals surface area contributed by atoms with E-state index in [2.05, 4.69) is 15.4 Å². The van der Waals surface area contributed by atoms with Crippen LogP contribution < -0.4 is 5.32 Å². The van der Waals surface area contributed by atoms with Crippen LogP contribution in [0.5, 0.6) is 0 Å². The molecule has 0 spiro atoms. The van der Waals surface area contributed by atoms with Gasteiger partial charge in [-0.1, -0.05) is 0 Å². The first-order chi connectivity index (χ1) is 11.6. The lowest BCUT2D eigenvalue weighted by molar-refractivity contribution is 0.102. The number of nitrogens with one attached hydrogen (secondary N) is 1. The van der Waals surface area contributed by atoms with Gasteiger partial charge in [-0.2, -0.15) is 5.10 Å². The van der Waals surface area contributed by atoms with E-state index in [9.17, 15) is 13.6 Å². The van der Waals surface area contributed by atoms with Gasteiger partial charge in [0.2, 0.25) is 0 Å². The molecule has 1 amide bonds. The summed E-state index contributed by atoms with van der Waals surface area (Å²) in [5.41, 5.74) is 0.793. The van der Waals surface area contributed by atoms with Gasteiger partial charge in [0.1, 0.15) is 5.82 Å². The molecule has 1 saturated carbocycles. The van der Waals surface area contributed by atoms with Gasteiger partial charge in [-0.05, 0) is 43.0 Å². The van der Waals surface area contributed by atoms with Crippen LogP contribution in [-0.4, -0.2) is 20.7 Å². The molecule has 1 aliphatic carbocycles. The number of amides is 1. The van der Waals surface area contributed by atoms with E-state index in [1.165, 1.54) is 24.4 Å². The number of fused-ring (bicyclic) bond motifs is 1. The summed E-state index contributed by atoms with van der Waals surface area (Å²) >= 11 is 0. The molecule has 1 fully saturated rings. The van der Waals surface area contributed by atoms with Crippen molar-refractivity contribution in [2.75, 3.05) is 5.32 Å². The largest absolute Gasteiger partial charge is 0.318 e. The fourth-order valence-electron chi connectivity index (χ4n) is 2.66. The molecule has 0 atom stereocenters. The van der Waals surface area contributed by atoms with E-state index in [1.807, 2.05) is 0 Å². The smallest absolute Gasteiger partial charge is 0.276 e. The van der Waals surface area contributed by atoms with Crippen LogP contribution in [0, 0.1) is 17.6 Å². The minimum absolute atomic E-state index is 0.0105. The van der Waals surface area contributed by atoms with Gasteiger partial charge in [0.15, 0.2) is 11.5 Å². The zero-order valence-corrected chi connectivity index (χ0v) is 12.7. The molecule has 24 heavy (non-hydrogen) atoms. The predicted octanol–water partition coefficient (Wildman–Crippen LogP) is 3.37. The zero-order chi connectivity index (χ0) is 16.7. The normalized spacial score (nSPS) is 14.1. The fraction of sp³-hybridized carbons (Fsp3) is 0.235. The number of nitrogens with zero attached hydrogens (tertiary/aromatic N) is 3. The fourth-order valence-corrected chi connectivity index (χ4v) is 2.66. The molecule has 1 aromatic carbocycles. The standard InChI is InChI=1S/C17H14F2N4O/c18-11-3-4-15-12(7-11)16(22-23(15)9-10-1-2-10)17(24)21-14-5-6-20-8-13(14)19/h3-8,10H,1-2,9H2,(H,20,21,24).